The van der Waals surface area contributed by atoms with Crippen LogP contribution in [0, 0.1) is 11.5 Å². The van der Waals surface area contributed by atoms with Gasteiger partial charge in [0.25, 0.3) is 0 Å². The molecule has 1 fully saturated rings. The first-order valence-corrected chi connectivity index (χ1v) is 14.9. The minimum atomic E-state index is -1.51. The molecule has 0 bridgehead atoms. The van der Waals surface area contributed by atoms with Crippen LogP contribution >= 0.6 is 27.5 Å². The smallest absolute Gasteiger partial charge is 0.410 e. The van der Waals surface area contributed by atoms with Crippen LogP contribution in [0.4, 0.5) is 4.79 Å². The molecular weight excluding hydrogens is 484 g/mol. The molecule has 3 rings (SSSR count). The quantitative estimate of drug-likeness (QED) is 0.356. The van der Waals surface area contributed by atoms with E-state index in [1.807, 2.05) is 20.8 Å². The monoisotopic (exact) mass is 512 g/mol. The largest absolute Gasteiger partial charge is 0.490 e. The van der Waals surface area contributed by atoms with E-state index in [2.05, 4.69) is 58.0 Å². The second kappa shape index (κ2) is 8.74. The highest BCUT2D eigenvalue weighted by Gasteiger charge is 2.35. The van der Waals surface area contributed by atoms with Crippen molar-refractivity contribution in [3.05, 3.63) is 26.7 Å². The summed E-state index contributed by atoms with van der Waals surface area (Å²) in [6.45, 7) is 15.5. The number of fused-ring (bicyclic) bond motifs is 2. The number of halogens is 2. The fourth-order valence-electron chi connectivity index (χ4n) is 3.43. The summed E-state index contributed by atoms with van der Waals surface area (Å²) in [4.78, 5) is 16.6. The zero-order valence-electron chi connectivity index (χ0n) is 18.6. The SMILES string of the molecule is CC(C)(C)OC(=O)N1CCN2Cc3cc(C#C[Si](C)(C)C)c(Br)c(Cl)c3OC[C@H]2C1. The lowest BCUT2D eigenvalue weighted by Crippen LogP contribution is -2.56. The molecule has 2 aliphatic rings. The minimum absolute atomic E-state index is 0.0880. The van der Waals surface area contributed by atoms with Gasteiger partial charge in [0.05, 0.1) is 15.5 Å². The third-order valence-corrected chi connectivity index (χ3v) is 7.15. The first-order valence-electron chi connectivity index (χ1n) is 10.2. The predicted molar refractivity (Wildman–Crippen MR) is 127 cm³/mol. The van der Waals surface area contributed by atoms with Crippen LogP contribution < -0.4 is 4.74 Å². The Morgan fingerprint density at radius 2 is 2.03 bits per heavy atom. The summed E-state index contributed by atoms with van der Waals surface area (Å²) in [6, 6.07) is 2.17. The normalized spacial score (nSPS) is 19.6. The Hall–Kier alpha value is -1.20. The van der Waals surface area contributed by atoms with Crippen molar-refractivity contribution in [3.63, 3.8) is 0 Å². The number of nitrogens with zero attached hydrogens (tertiary/aromatic N) is 2. The Morgan fingerprint density at radius 3 is 2.67 bits per heavy atom. The molecule has 0 spiro atoms. The van der Waals surface area contributed by atoms with Gasteiger partial charge in [-0.3, -0.25) is 4.90 Å². The zero-order valence-corrected chi connectivity index (χ0v) is 21.9. The number of ether oxygens (including phenoxy) is 2. The van der Waals surface area contributed by atoms with E-state index in [-0.39, 0.29) is 12.1 Å². The third-order valence-electron chi connectivity index (χ3n) is 4.86. The summed E-state index contributed by atoms with van der Waals surface area (Å²) < 4.78 is 12.5. The number of hydrogen-bond acceptors (Lipinski definition) is 4. The van der Waals surface area contributed by atoms with Crippen LogP contribution in [0.5, 0.6) is 5.75 Å². The summed E-state index contributed by atoms with van der Waals surface area (Å²) in [5.74, 6) is 4.03. The van der Waals surface area contributed by atoms with Gasteiger partial charge in [0.15, 0.2) is 0 Å². The molecule has 1 atom stereocenters. The number of hydrogen-bond donors (Lipinski definition) is 0. The van der Waals surface area contributed by atoms with Gasteiger partial charge in [-0.25, -0.2) is 4.79 Å². The highest BCUT2D eigenvalue weighted by molar-refractivity contribution is 9.10. The molecular formula is C22H30BrClN2O3Si. The number of rotatable bonds is 0. The summed E-state index contributed by atoms with van der Waals surface area (Å²) in [5, 5.41) is 0.566. The molecule has 0 saturated carbocycles. The maximum atomic E-state index is 12.5. The Labute approximate surface area is 194 Å². The van der Waals surface area contributed by atoms with Gasteiger partial charge < -0.3 is 14.4 Å². The van der Waals surface area contributed by atoms with Gasteiger partial charge in [-0.05, 0) is 42.8 Å². The average Bonchev–Trinajstić information content (AvgIpc) is 2.80. The molecule has 8 heteroatoms. The fraction of sp³-hybridized carbons (Fsp3) is 0.591. The highest BCUT2D eigenvalue weighted by Crippen LogP contribution is 2.40. The zero-order chi connectivity index (χ0) is 22.3. The van der Waals surface area contributed by atoms with Crippen LogP contribution in [0.1, 0.15) is 31.9 Å². The summed E-state index contributed by atoms with van der Waals surface area (Å²) in [7, 11) is -1.51. The van der Waals surface area contributed by atoms with Crippen molar-refractivity contribution in [2.45, 2.75) is 58.6 Å². The molecule has 0 unspecified atom stereocenters. The maximum Gasteiger partial charge on any atom is 0.410 e. The van der Waals surface area contributed by atoms with Crippen LogP contribution in [-0.4, -0.2) is 61.9 Å². The lowest BCUT2D eigenvalue weighted by Gasteiger charge is -2.40. The van der Waals surface area contributed by atoms with Gasteiger partial charge in [0.2, 0.25) is 0 Å². The lowest BCUT2D eigenvalue weighted by molar-refractivity contribution is -0.00154. The molecule has 1 saturated heterocycles. The molecule has 30 heavy (non-hydrogen) atoms. The Balaban J connectivity index is 1.81. The van der Waals surface area contributed by atoms with E-state index in [0.717, 1.165) is 28.7 Å². The lowest BCUT2D eigenvalue weighted by atomic mass is 10.1. The second-order valence-corrected chi connectivity index (χ2v) is 15.8. The van der Waals surface area contributed by atoms with Crippen molar-refractivity contribution in [1.82, 2.24) is 9.80 Å². The average molecular weight is 514 g/mol. The van der Waals surface area contributed by atoms with Crippen molar-refractivity contribution in [1.29, 1.82) is 0 Å². The summed E-state index contributed by atoms with van der Waals surface area (Å²) >= 11 is 10.3. The Kier molecular flexibility index (Phi) is 6.83. The predicted octanol–water partition coefficient (Wildman–Crippen LogP) is 5.15. The Morgan fingerprint density at radius 1 is 1.33 bits per heavy atom. The molecule has 0 aromatic heterocycles. The number of amides is 1. The molecule has 2 aliphatic heterocycles. The van der Waals surface area contributed by atoms with E-state index >= 15 is 0 Å². The van der Waals surface area contributed by atoms with Crippen molar-refractivity contribution >= 4 is 41.7 Å². The minimum Gasteiger partial charge on any atom is -0.490 e. The molecule has 0 N–H and O–H groups in total. The van der Waals surface area contributed by atoms with E-state index in [1.54, 1.807) is 4.90 Å². The molecule has 0 radical (unpaired) electrons. The Bertz CT molecular complexity index is 899. The van der Waals surface area contributed by atoms with Crippen molar-refractivity contribution in [2.24, 2.45) is 0 Å². The number of benzene rings is 1. The van der Waals surface area contributed by atoms with Crippen molar-refractivity contribution in [2.75, 3.05) is 26.2 Å². The van der Waals surface area contributed by atoms with Gasteiger partial charge >= 0.3 is 6.09 Å². The van der Waals surface area contributed by atoms with Crippen LogP contribution in [0.2, 0.25) is 24.7 Å². The van der Waals surface area contributed by atoms with Crippen LogP contribution in [0.15, 0.2) is 10.5 Å². The first kappa shape index (κ1) is 23.5. The van der Waals surface area contributed by atoms with E-state index in [9.17, 15) is 4.79 Å². The van der Waals surface area contributed by atoms with Crippen molar-refractivity contribution < 1.29 is 14.3 Å². The molecule has 1 aromatic rings. The van der Waals surface area contributed by atoms with Gasteiger partial charge in [0, 0.05) is 37.3 Å². The number of carbonyl (C=O) groups is 1. The van der Waals surface area contributed by atoms with E-state index in [1.165, 1.54) is 0 Å². The van der Waals surface area contributed by atoms with Gasteiger partial charge in [-0.15, -0.1) is 5.54 Å². The van der Waals surface area contributed by atoms with Gasteiger partial charge in [0.1, 0.15) is 26.0 Å². The number of piperazine rings is 1. The topological polar surface area (TPSA) is 42.0 Å². The maximum absolute atomic E-state index is 12.5. The molecule has 5 nitrogen and oxygen atoms in total. The molecule has 164 valence electrons. The second-order valence-electron chi connectivity index (χ2n) is 9.90. The van der Waals surface area contributed by atoms with Crippen LogP contribution in [-0.2, 0) is 11.3 Å². The molecule has 1 amide bonds. The summed E-state index contributed by atoms with van der Waals surface area (Å²) in [5.41, 5.74) is 4.84. The first-order chi connectivity index (χ1) is 13.8. The van der Waals surface area contributed by atoms with Crippen LogP contribution in [0.3, 0.4) is 0 Å². The van der Waals surface area contributed by atoms with E-state index < -0.39 is 13.7 Å². The molecule has 2 heterocycles. The standard InChI is InChI=1S/C22H30BrClN2O3Si/c1-22(2,3)29-21(27)26-9-8-25-12-16-11-15(7-10-30(4,5)6)18(23)19(24)20(16)28-14-17(25)13-26/h11,17H,8-9,12-14H2,1-6H3/t17-/m1/s1. The third kappa shape index (κ3) is 5.73. The van der Waals surface area contributed by atoms with Gasteiger partial charge in [-0.2, -0.15) is 0 Å². The van der Waals surface area contributed by atoms with Crippen LogP contribution in [0.25, 0.3) is 0 Å². The molecule has 0 aliphatic carbocycles. The molecule has 1 aromatic carbocycles. The summed E-state index contributed by atoms with van der Waals surface area (Å²) in [6.07, 6.45) is -0.270. The highest BCUT2D eigenvalue weighted by atomic mass is 79.9. The van der Waals surface area contributed by atoms with Gasteiger partial charge in [-0.1, -0.05) is 37.2 Å². The number of carbonyl (C=O) groups excluding carboxylic acids is 1. The van der Waals surface area contributed by atoms with E-state index in [0.29, 0.717) is 30.5 Å². The van der Waals surface area contributed by atoms with E-state index in [4.69, 9.17) is 21.1 Å². The fourth-order valence-corrected chi connectivity index (χ4v) is 4.61. The van der Waals surface area contributed by atoms with Crippen molar-refractivity contribution in [3.8, 4) is 17.2 Å².